The van der Waals surface area contributed by atoms with E-state index in [9.17, 15) is 4.79 Å². The third-order valence-electron chi connectivity index (χ3n) is 6.16. The lowest BCUT2D eigenvalue weighted by atomic mass is 9.70. The fourth-order valence-corrected chi connectivity index (χ4v) is 4.86. The Balaban J connectivity index is 1.47. The second kappa shape index (κ2) is 5.80. The smallest absolute Gasteiger partial charge is 0.234 e. The summed E-state index contributed by atoms with van der Waals surface area (Å²) in [5, 5.41) is 12.2. The largest absolute Gasteiger partial charge is 0.325 e. The molecule has 2 aromatic rings. The molecule has 25 heavy (non-hydrogen) atoms. The molecule has 0 saturated heterocycles. The van der Waals surface area contributed by atoms with Crippen LogP contribution in [0.3, 0.4) is 0 Å². The molecule has 0 radical (unpaired) electrons. The molecule has 0 unspecified atom stereocenters. The van der Waals surface area contributed by atoms with Crippen molar-refractivity contribution in [1.82, 2.24) is 15.2 Å². The molecular formula is C19H22N4OS. The molecule has 1 heterocycles. The predicted molar refractivity (Wildman–Crippen MR) is 98.7 cm³/mol. The highest BCUT2D eigenvalue weighted by Gasteiger charge is 2.61. The van der Waals surface area contributed by atoms with Gasteiger partial charge in [-0.2, -0.15) is 5.10 Å². The zero-order valence-corrected chi connectivity index (χ0v) is 15.6. The Kier molecular flexibility index (Phi) is 3.83. The third kappa shape index (κ3) is 2.54. The molecule has 4 rings (SSSR count). The van der Waals surface area contributed by atoms with E-state index < -0.39 is 0 Å². The quantitative estimate of drug-likeness (QED) is 0.847. The molecule has 130 valence electrons. The number of hydrogen-bond acceptors (Lipinski definition) is 5. The second-order valence-corrected chi connectivity index (χ2v) is 8.62. The SMILES string of the molecule is CC1(C)[C@@H]2CC[C@@]1(C)c1nc(SCC(=O)Nc3ccccc3)nnc12. The summed E-state index contributed by atoms with van der Waals surface area (Å²) in [5.41, 5.74) is 3.19. The summed E-state index contributed by atoms with van der Waals surface area (Å²) in [6.07, 6.45) is 2.31. The number of amides is 1. The number of benzene rings is 1. The minimum absolute atomic E-state index is 0.0601. The van der Waals surface area contributed by atoms with Gasteiger partial charge < -0.3 is 5.32 Å². The van der Waals surface area contributed by atoms with Crippen LogP contribution in [-0.2, 0) is 10.2 Å². The van der Waals surface area contributed by atoms with E-state index in [0.29, 0.717) is 11.1 Å². The first-order valence-corrected chi connectivity index (χ1v) is 9.63. The number of thioether (sulfide) groups is 1. The van der Waals surface area contributed by atoms with E-state index in [1.54, 1.807) is 0 Å². The van der Waals surface area contributed by atoms with Crippen molar-refractivity contribution in [2.75, 3.05) is 11.1 Å². The number of carbonyl (C=O) groups is 1. The van der Waals surface area contributed by atoms with E-state index >= 15 is 0 Å². The Labute approximate surface area is 152 Å². The molecule has 1 aromatic carbocycles. The second-order valence-electron chi connectivity index (χ2n) is 7.68. The van der Waals surface area contributed by atoms with Crippen LogP contribution in [0.25, 0.3) is 0 Å². The van der Waals surface area contributed by atoms with Gasteiger partial charge in [0, 0.05) is 17.0 Å². The number of anilines is 1. The lowest BCUT2D eigenvalue weighted by molar-refractivity contribution is -0.113. The summed E-state index contributed by atoms with van der Waals surface area (Å²) in [4.78, 5) is 16.9. The Morgan fingerprint density at radius 1 is 1.24 bits per heavy atom. The molecular weight excluding hydrogens is 332 g/mol. The van der Waals surface area contributed by atoms with Crippen molar-refractivity contribution < 1.29 is 4.79 Å². The number of fused-ring (bicyclic) bond motifs is 5. The molecule has 1 N–H and O–H groups in total. The van der Waals surface area contributed by atoms with Crippen molar-refractivity contribution in [1.29, 1.82) is 0 Å². The van der Waals surface area contributed by atoms with E-state index in [0.717, 1.165) is 23.5 Å². The lowest BCUT2D eigenvalue weighted by Crippen LogP contribution is -2.32. The average Bonchev–Trinajstić information content (AvgIpc) is 2.93. The zero-order chi connectivity index (χ0) is 17.7. The van der Waals surface area contributed by atoms with Crippen LogP contribution in [0, 0.1) is 5.41 Å². The number of aromatic nitrogens is 3. The normalized spacial score (nSPS) is 25.6. The summed E-state index contributed by atoms with van der Waals surface area (Å²) in [6.45, 7) is 6.92. The molecule has 0 aliphatic heterocycles. The van der Waals surface area contributed by atoms with Gasteiger partial charge in [-0.15, -0.1) is 5.10 Å². The van der Waals surface area contributed by atoms with Crippen LogP contribution in [0.15, 0.2) is 35.5 Å². The first-order chi connectivity index (χ1) is 11.9. The van der Waals surface area contributed by atoms with Crippen LogP contribution in [0.5, 0.6) is 0 Å². The van der Waals surface area contributed by atoms with Crippen molar-refractivity contribution in [2.24, 2.45) is 5.41 Å². The highest BCUT2D eigenvalue weighted by atomic mass is 32.2. The van der Waals surface area contributed by atoms with Gasteiger partial charge in [0.25, 0.3) is 0 Å². The molecule has 1 aromatic heterocycles. The van der Waals surface area contributed by atoms with Gasteiger partial charge in [0.05, 0.1) is 17.1 Å². The first kappa shape index (κ1) is 16.5. The van der Waals surface area contributed by atoms with Crippen molar-refractivity contribution in [3.05, 3.63) is 41.7 Å². The summed E-state index contributed by atoms with van der Waals surface area (Å²) in [6, 6.07) is 9.46. The highest BCUT2D eigenvalue weighted by molar-refractivity contribution is 7.99. The molecule has 2 atom stereocenters. The maximum Gasteiger partial charge on any atom is 0.234 e. The lowest BCUT2D eigenvalue weighted by Gasteiger charge is -2.33. The topological polar surface area (TPSA) is 67.8 Å². The number of hydrogen-bond donors (Lipinski definition) is 1. The number of carbonyl (C=O) groups excluding carboxylic acids is 1. The van der Waals surface area contributed by atoms with Gasteiger partial charge in [-0.25, -0.2) is 4.98 Å². The molecule has 0 spiro atoms. The predicted octanol–water partition coefficient (Wildman–Crippen LogP) is 3.78. The molecule has 5 nitrogen and oxygen atoms in total. The molecule has 2 aliphatic rings. The molecule has 1 saturated carbocycles. The first-order valence-electron chi connectivity index (χ1n) is 8.64. The van der Waals surface area contributed by atoms with Crippen LogP contribution in [-0.4, -0.2) is 26.8 Å². The van der Waals surface area contributed by atoms with Crippen LogP contribution in [0.2, 0.25) is 0 Å². The monoisotopic (exact) mass is 354 g/mol. The Hall–Kier alpha value is -1.95. The highest BCUT2D eigenvalue weighted by Crippen LogP contribution is 2.66. The van der Waals surface area contributed by atoms with Gasteiger partial charge in [0.15, 0.2) is 0 Å². The van der Waals surface area contributed by atoms with Gasteiger partial charge >= 0.3 is 0 Å². The van der Waals surface area contributed by atoms with Crippen molar-refractivity contribution >= 4 is 23.4 Å². The van der Waals surface area contributed by atoms with Crippen LogP contribution in [0.4, 0.5) is 5.69 Å². The molecule has 2 aliphatic carbocycles. The summed E-state index contributed by atoms with van der Waals surface area (Å²) < 4.78 is 0. The summed E-state index contributed by atoms with van der Waals surface area (Å²) >= 11 is 1.34. The molecule has 2 bridgehead atoms. The Morgan fingerprint density at radius 2 is 2.00 bits per heavy atom. The summed E-state index contributed by atoms with van der Waals surface area (Å²) in [5.74, 6) is 0.667. The average molecular weight is 354 g/mol. The third-order valence-corrected chi connectivity index (χ3v) is 7.00. The van der Waals surface area contributed by atoms with Crippen molar-refractivity contribution in [3.63, 3.8) is 0 Å². The fraction of sp³-hybridized carbons (Fsp3) is 0.474. The maximum atomic E-state index is 12.1. The van der Waals surface area contributed by atoms with E-state index in [2.05, 4.69) is 36.3 Å². The van der Waals surface area contributed by atoms with Gasteiger partial charge in [-0.3, -0.25) is 4.79 Å². The molecule has 6 heteroatoms. The van der Waals surface area contributed by atoms with Gasteiger partial charge in [-0.1, -0.05) is 50.7 Å². The van der Waals surface area contributed by atoms with Crippen molar-refractivity contribution in [2.45, 2.75) is 50.1 Å². The summed E-state index contributed by atoms with van der Waals surface area (Å²) in [7, 11) is 0. The van der Waals surface area contributed by atoms with Gasteiger partial charge in [0.1, 0.15) is 0 Å². The molecule has 1 fully saturated rings. The van der Waals surface area contributed by atoms with E-state index in [1.165, 1.54) is 18.2 Å². The minimum atomic E-state index is -0.0617. The Morgan fingerprint density at radius 3 is 2.76 bits per heavy atom. The van der Waals surface area contributed by atoms with Gasteiger partial charge in [-0.05, 0) is 30.4 Å². The van der Waals surface area contributed by atoms with Crippen LogP contribution < -0.4 is 5.32 Å². The minimum Gasteiger partial charge on any atom is -0.325 e. The number of nitrogens with one attached hydrogen (secondary N) is 1. The van der Waals surface area contributed by atoms with E-state index in [-0.39, 0.29) is 22.5 Å². The maximum absolute atomic E-state index is 12.1. The van der Waals surface area contributed by atoms with Crippen molar-refractivity contribution in [3.8, 4) is 0 Å². The zero-order valence-electron chi connectivity index (χ0n) is 14.7. The molecule has 1 amide bonds. The van der Waals surface area contributed by atoms with Crippen LogP contribution >= 0.6 is 11.8 Å². The number of para-hydroxylation sites is 1. The Bertz CT molecular complexity index is 823. The van der Waals surface area contributed by atoms with E-state index in [1.807, 2.05) is 30.3 Å². The van der Waals surface area contributed by atoms with Gasteiger partial charge in [0.2, 0.25) is 11.1 Å². The standard InChI is InChI=1S/C19H22N4OS/c1-18(2)13-9-10-19(18,3)16-15(13)22-23-17(21-16)25-11-14(24)20-12-7-5-4-6-8-12/h4-8,13H,9-11H2,1-3H3,(H,20,24)/t13-,19+/m1/s1. The van der Waals surface area contributed by atoms with E-state index in [4.69, 9.17) is 4.98 Å². The number of nitrogens with zero attached hydrogens (tertiary/aromatic N) is 3. The fourth-order valence-electron chi connectivity index (χ4n) is 4.27. The number of rotatable bonds is 4. The van der Waals surface area contributed by atoms with Crippen LogP contribution in [0.1, 0.15) is 50.9 Å².